The van der Waals surface area contributed by atoms with Crippen LogP contribution >= 0.6 is 0 Å². The predicted molar refractivity (Wildman–Crippen MR) is 163 cm³/mol. The highest BCUT2D eigenvalue weighted by atomic mass is 14.7. The molecule has 2 aliphatic carbocycles. The number of hydrogen-bond donors (Lipinski definition) is 0. The van der Waals surface area contributed by atoms with Crippen molar-refractivity contribution >= 4 is 32.3 Å². The smallest absolute Gasteiger partial charge is 0.0780 e. The first-order chi connectivity index (χ1) is 18.8. The summed E-state index contributed by atoms with van der Waals surface area (Å²) in [4.78, 5) is 5.02. The first-order valence-corrected chi connectivity index (χ1v) is 15.1. The molecule has 0 atom stereocenters. The maximum atomic E-state index is 5.02. The molecule has 192 valence electrons. The molecule has 0 unspecified atom stereocenters. The number of pyridine rings is 1. The van der Waals surface area contributed by atoms with Crippen LogP contribution in [0.1, 0.15) is 75.3 Å². The van der Waals surface area contributed by atoms with E-state index in [-0.39, 0.29) is 0 Å². The zero-order valence-electron chi connectivity index (χ0n) is 22.6. The summed E-state index contributed by atoms with van der Waals surface area (Å²) in [5.41, 5.74) is 5.53. The van der Waals surface area contributed by atoms with Gasteiger partial charge in [0.05, 0.1) is 5.69 Å². The van der Waals surface area contributed by atoms with Crippen molar-refractivity contribution in [1.82, 2.24) is 4.98 Å². The van der Waals surface area contributed by atoms with E-state index in [9.17, 15) is 0 Å². The molecule has 0 amide bonds. The van der Waals surface area contributed by atoms with Crippen LogP contribution in [-0.4, -0.2) is 4.98 Å². The molecule has 1 heteroatoms. The Kier molecular flexibility index (Phi) is 6.62. The van der Waals surface area contributed by atoms with Gasteiger partial charge in [0, 0.05) is 17.1 Å². The lowest BCUT2D eigenvalue weighted by Crippen LogP contribution is -2.11. The monoisotopic (exact) mass is 497 g/mol. The summed E-state index contributed by atoms with van der Waals surface area (Å²) >= 11 is 0. The second-order valence-electron chi connectivity index (χ2n) is 12.2. The molecule has 1 aromatic heterocycles. The van der Waals surface area contributed by atoms with Gasteiger partial charge in [-0.3, -0.25) is 4.98 Å². The molecule has 7 rings (SSSR count). The normalized spacial score (nSPS) is 17.5. The van der Waals surface area contributed by atoms with Crippen molar-refractivity contribution < 1.29 is 0 Å². The van der Waals surface area contributed by atoms with E-state index in [0.717, 1.165) is 17.5 Å². The molecule has 0 radical (unpaired) electrons. The SMILES string of the molecule is c1ccc2c(c1)ccc1c3ccnc(-c4cc(CC5CCCCC5)cc(CC5CCCCC5)c4)c3ccc21. The Hall–Kier alpha value is -3.19. The van der Waals surface area contributed by atoms with Gasteiger partial charge in [-0.25, -0.2) is 0 Å². The van der Waals surface area contributed by atoms with E-state index in [0.29, 0.717) is 0 Å². The van der Waals surface area contributed by atoms with E-state index in [1.54, 1.807) is 0 Å². The van der Waals surface area contributed by atoms with E-state index in [1.807, 2.05) is 6.20 Å². The Labute approximate surface area is 227 Å². The molecular formula is C37H39N. The lowest BCUT2D eigenvalue weighted by molar-refractivity contribution is 0.354. The van der Waals surface area contributed by atoms with Crippen LogP contribution in [0.2, 0.25) is 0 Å². The molecule has 2 fully saturated rings. The molecule has 0 spiro atoms. The van der Waals surface area contributed by atoms with Gasteiger partial charge >= 0.3 is 0 Å². The Morgan fingerprint density at radius 1 is 0.526 bits per heavy atom. The van der Waals surface area contributed by atoms with Crippen LogP contribution in [0.25, 0.3) is 43.6 Å². The van der Waals surface area contributed by atoms with E-state index >= 15 is 0 Å². The van der Waals surface area contributed by atoms with Crippen molar-refractivity contribution in [2.45, 2.75) is 77.0 Å². The lowest BCUT2D eigenvalue weighted by atomic mass is 9.82. The second-order valence-corrected chi connectivity index (χ2v) is 12.2. The molecule has 0 aliphatic heterocycles. The van der Waals surface area contributed by atoms with Crippen molar-refractivity contribution in [3.63, 3.8) is 0 Å². The third-order valence-electron chi connectivity index (χ3n) is 9.49. The summed E-state index contributed by atoms with van der Waals surface area (Å²) in [5.74, 6) is 1.69. The van der Waals surface area contributed by atoms with Crippen LogP contribution in [-0.2, 0) is 12.8 Å². The minimum Gasteiger partial charge on any atom is -0.256 e. The number of hydrogen-bond acceptors (Lipinski definition) is 1. The number of benzene rings is 4. The van der Waals surface area contributed by atoms with E-state index in [4.69, 9.17) is 4.98 Å². The fraction of sp³-hybridized carbons (Fsp3) is 0.378. The Balaban J connectivity index is 1.33. The molecule has 0 N–H and O–H groups in total. The largest absolute Gasteiger partial charge is 0.256 e. The maximum Gasteiger partial charge on any atom is 0.0780 e. The van der Waals surface area contributed by atoms with Gasteiger partial charge in [0.25, 0.3) is 0 Å². The van der Waals surface area contributed by atoms with Crippen LogP contribution in [0.4, 0.5) is 0 Å². The first kappa shape index (κ1) is 23.9. The van der Waals surface area contributed by atoms with E-state index in [2.05, 4.69) is 72.8 Å². The fourth-order valence-electron chi connectivity index (χ4n) is 7.57. The van der Waals surface area contributed by atoms with Crippen LogP contribution in [0.5, 0.6) is 0 Å². The topological polar surface area (TPSA) is 12.9 Å². The molecule has 0 bridgehead atoms. The van der Waals surface area contributed by atoms with E-state index < -0.39 is 0 Å². The van der Waals surface area contributed by atoms with Gasteiger partial charge in [-0.1, -0.05) is 119 Å². The van der Waals surface area contributed by atoms with Gasteiger partial charge in [-0.15, -0.1) is 0 Å². The van der Waals surface area contributed by atoms with Crippen LogP contribution in [0, 0.1) is 11.8 Å². The Morgan fingerprint density at radius 3 is 1.82 bits per heavy atom. The Morgan fingerprint density at radius 2 is 1.11 bits per heavy atom. The number of nitrogens with zero attached hydrogens (tertiary/aromatic N) is 1. The number of fused-ring (bicyclic) bond motifs is 5. The summed E-state index contributed by atoms with van der Waals surface area (Å²) in [7, 11) is 0. The summed E-state index contributed by atoms with van der Waals surface area (Å²) in [6.45, 7) is 0. The van der Waals surface area contributed by atoms with Crippen LogP contribution in [0.3, 0.4) is 0 Å². The molecule has 5 aromatic rings. The zero-order valence-corrected chi connectivity index (χ0v) is 22.6. The third-order valence-corrected chi connectivity index (χ3v) is 9.49. The van der Waals surface area contributed by atoms with Gasteiger partial charge in [0.15, 0.2) is 0 Å². The van der Waals surface area contributed by atoms with Gasteiger partial charge < -0.3 is 0 Å². The van der Waals surface area contributed by atoms with Crippen molar-refractivity contribution in [2.24, 2.45) is 11.8 Å². The number of aromatic nitrogens is 1. The molecular weight excluding hydrogens is 458 g/mol. The maximum absolute atomic E-state index is 5.02. The Bertz CT molecular complexity index is 1550. The molecule has 2 aliphatic rings. The van der Waals surface area contributed by atoms with Gasteiger partial charge in [-0.05, 0) is 80.9 Å². The minimum absolute atomic E-state index is 0.847. The van der Waals surface area contributed by atoms with Crippen LogP contribution < -0.4 is 0 Å². The van der Waals surface area contributed by atoms with Crippen LogP contribution in [0.15, 0.2) is 79.0 Å². The van der Waals surface area contributed by atoms with Crippen molar-refractivity contribution in [2.75, 3.05) is 0 Å². The standard InChI is InChI=1S/C37H39N/c1-3-9-26(10-4-1)21-28-23-29(22-27-11-5-2-6-12-27)25-31(24-28)37-36-18-17-33-32-14-8-7-13-30(32)15-16-34(33)35(36)19-20-38-37/h7-8,13-20,23-27H,1-6,9-12,21-22H2. The second kappa shape index (κ2) is 10.5. The lowest BCUT2D eigenvalue weighted by Gasteiger charge is -2.24. The minimum atomic E-state index is 0.847. The fourth-order valence-corrected chi connectivity index (χ4v) is 7.57. The molecule has 2 saturated carbocycles. The molecule has 4 aromatic carbocycles. The van der Waals surface area contributed by atoms with Crippen molar-refractivity contribution in [3.05, 3.63) is 90.1 Å². The van der Waals surface area contributed by atoms with Crippen molar-refractivity contribution in [1.29, 1.82) is 0 Å². The summed E-state index contributed by atoms with van der Waals surface area (Å²) in [6, 6.07) is 27.7. The van der Waals surface area contributed by atoms with E-state index in [1.165, 1.54) is 126 Å². The van der Waals surface area contributed by atoms with Gasteiger partial charge in [-0.2, -0.15) is 0 Å². The van der Waals surface area contributed by atoms with Gasteiger partial charge in [0.1, 0.15) is 0 Å². The average Bonchev–Trinajstić information content (AvgIpc) is 2.97. The summed E-state index contributed by atoms with van der Waals surface area (Å²) in [6.07, 6.45) is 18.6. The highest BCUT2D eigenvalue weighted by Crippen LogP contribution is 2.37. The van der Waals surface area contributed by atoms with Gasteiger partial charge in [0.2, 0.25) is 0 Å². The zero-order chi connectivity index (χ0) is 25.3. The highest BCUT2D eigenvalue weighted by Gasteiger charge is 2.19. The quantitative estimate of drug-likeness (QED) is 0.220. The molecule has 1 heterocycles. The van der Waals surface area contributed by atoms with Crippen molar-refractivity contribution in [3.8, 4) is 11.3 Å². The molecule has 1 nitrogen and oxygen atoms in total. The number of rotatable bonds is 5. The first-order valence-electron chi connectivity index (χ1n) is 15.1. The molecule has 38 heavy (non-hydrogen) atoms. The predicted octanol–water partition coefficient (Wildman–Crippen LogP) is 10.5. The summed E-state index contributed by atoms with van der Waals surface area (Å²) in [5, 5.41) is 7.87. The summed E-state index contributed by atoms with van der Waals surface area (Å²) < 4.78 is 0. The third kappa shape index (κ3) is 4.73. The average molecular weight is 498 g/mol. The molecule has 0 saturated heterocycles. The highest BCUT2D eigenvalue weighted by molar-refractivity contribution is 6.18.